The Morgan fingerprint density at radius 2 is 1.69 bits per heavy atom. The fourth-order valence-corrected chi connectivity index (χ4v) is 3.87. The Kier molecular flexibility index (Phi) is 2.67. The largest absolute Gasteiger partial charge is 0.0628 e. The van der Waals surface area contributed by atoms with Gasteiger partial charge < -0.3 is 0 Å². The normalized spacial score (nSPS) is 44.3. The molecular formula is C13H24. The van der Waals surface area contributed by atoms with Gasteiger partial charge in [0.05, 0.1) is 0 Å². The first-order chi connectivity index (χ1) is 6.20. The van der Waals surface area contributed by atoms with Crippen LogP contribution in [0, 0.1) is 29.6 Å². The van der Waals surface area contributed by atoms with Crippen molar-refractivity contribution in [3.05, 3.63) is 0 Å². The molecular weight excluding hydrogens is 156 g/mol. The first kappa shape index (κ1) is 9.55. The molecule has 76 valence electrons. The third kappa shape index (κ3) is 1.65. The zero-order valence-corrected chi connectivity index (χ0v) is 9.42. The minimum atomic E-state index is 0.912. The summed E-state index contributed by atoms with van der Waals surface area (Å²) in [6, 6.07) is 0. The smallest absolute Gasteiger partial charge is 0.0352 e. The molecule has 0 nitrogen and oxygen atoms in total. The van der Waals surface area contributed by atoms with Gasteiger partial charge >= 0.3 is 0 Å². The highest BCUT2D eigenvalue weighted by Crippen LogP contribution is 2.55. The fraction of sp³-hybridized carbons (Fsp3) is 1.00. The van der Waals surface area contributed by atoms with Crippen LogP contribution in [0.15, 0.2) is 0 Å². The number of hydrogen-bond acceptors (Lipinski definition) is 0. The van der Waals surface area contributed by atoms with Crippen LogP contribution in [-0.2, 0) is 0 Å². The van der Waals surface area contributed by atoms with E-state index in [-0.39, 0.29) is 0 Å². The van der Waals surface area contributed by atoms with Crippen LogP contribution in [-0.4, -0.2) is 0 Å². The molecule has 0 aromatic heterocycles. The van der Waals surface area contributed by atoms with Crippen LogP contribution in [0.5, 0.6) is 0 Å². The highest BCUT2D eigenvalue weighted by molar-refractivity contribution is 4.96. The zero-order valence-electron chi connectivity index (χ0n) is 9.42. The minimum Gasteiger partial charge on any atom is -0.0628 e. The molecule has 0 heteroatoms. The molecule has 2 saturated carbocycles. The van der Waals surface area contributed by atoms with Crippen LogP contribution in [0.4, 0.5) is 0 Å². The van der Waals surface area contributed by atoms with E-state index in [0.29, 0.717) is 0 Å². The van der Waals surface area contributed by atoms with E-state index >= 15 is 0 Å². The Hall–Kier alpha value is 0. The van der Waals surface area contributed by atoms with Crippen molar-refractivity contribution in [2.45, 2.75) is 52.9 Å². The van der Waals surface area contributed by atoms with Crippen LogP contribution >= 0.6 is 0 Å². The second-order valence-electron chi connectivity index (χ2n) is 5.76. The van der Waals surface area contributed by atoms with Crippen LogP contribution in [0.25, 0.3) is 0 Å². The summed E-state index contributed by atoms with van der Waals surface area (Å²) in [6.45, 7) is 7.26. The fourth-order valence-electron chi connectivity index (χ4n) is 3.87. The summed E-state index contributed by atoms with van der Waals surface area (Å²) in [5.41, 5.74) is 0. The summed E-state index contributed by atoms with van der Waals surface area (Å²) >= 11 is 0. The molecule has 3 unspecified atom stereocenters. The molecule has 2 rings (SSSR count). The standard InChI is InChI=1S/C13H24/c1-9(2)8-13-10(3)11-6-4-5-7-12(11)13/h9-13H,4-8H2,1-3H3/t10?,11?,12?,13-/m1/s1. The molecule has 13 heavy (non-hydrogen) atoms. The Morgan fingerprint density at radius 3 is 2.31 bits per heavy atom. The lowest BCUT2D eigenvalue weighted by Gasteiger charge is -2.54. The lowest BCUT2D eigenvalue weighted by molar-refractivity contribution is -0.0525. The maximum Gasteiger partial charge on any atom is -0.0352 e. The van der Waals surface area contributed by atoms with Crippen molar-refractivity contribution >= 4 is 0 Å². The third-order valence-electron chi connectivity index (χ3n) is 4.52. The molecule has 2 fully saturated rings. The molecule has 0 saturated heterocycles. The summed E-state index contributed by atoms with van der Waals surface area (Å²) in [5, 5.41) is 0. The van der Waals surface area contributed by atoms with Crippen molar-refractivity contribution < 1.29 is 0 Å². The highest BCUT2D eigenvalue weighted by Gasteiger charge is 2.47. The highest BCUT2D eigenvalue weighted by atomic mass is 14.5. The van der Waals surface area contributed by atoms with Gasteiger partial charge in [-0.3, -0.25) is 0 Å². The van der Waals surface area contributed by atoms with E-state index in [4.69, 9.17) is 0 Å². The van der Waals surface area contributed by atoms with Gasteiger partial charge in [0.15, 0.2) is 0 Å². The topological polar surface area (TPSA) is 0 Å². The van der Waals surface area contributed by atoms with Crippen molar-refractivity contribution in [1.29, 1.82) is 0 Å². The number of rotatable bonds is 2. The molecule has 0 aromatic carbocycles. The van der Waals surface area contributed by atoms with Gasteiger partial charge in [-0.1, -0.05) is 33.6 Å². The van der Waals surface area contributed by atoms with Gasteiger partial charge in [-0.15, -0.1) is 0 Å². The predicted molar refractivity (Wildman–Crippen MR) is 57.6 cm³/mol. The van der Waals surface area contributed by atoms with Gasteiger partial charge in [0.2, 0.25) is 0 Å². The lowest BCUT2D eigenvalue weighted by atomic mass is 9.51. The van der Waals surface area contributed by atoms with Gasteiger partial charge in [-0.2, -0.15) is 0 Å². The number of hydrogen-bond donors (Lipinski definition) is 0. The van der Waals surface area contributed by atoms with Crippen molar-refractivity contribution in [3.63, 3.8) is 0 Å². The minimum absolute atomic E-state index is 0.912. The maximum atomic E-state index is 2.50. The van der Waals surface area contributed by atoms with E-state index in [2.05, 4.69) is 20.8 Å². The Labute approximate surface area is 83.1 Å². The molecule has 0 heterocycles. The molecule has 0 aliphatic heterocycles. The molecule has 0 bridgehead atoms. The molecule has 4 atom stereocenters. The average molecular weight is 180 g/mol. The van der Waals surface area contributed by atoms with Crippen molar-refractivity contribution in [2.24, 2.45) is 29.6 Å². The molecule has 2 aliphatic rings. The molecule has 2 aliphatic carbocycles. The molecule has 0 amide bonds. The second kappa shape index (κ2) is 3.63. The van der Waals surface area contributed by atoms with E-state index in [1.54, 1.807) is 12.8 Å². The van der Waals surface area contributed by atoms with Gasteiger partial charge in [-0.05, 0) is 48.9 Å². The molecule has 0 radical (unpaired) electrons. The van der Waals surface area contributed by atoms with Gasteiger partial charge in [0.1, 0.15) is 0 Å². The molecule has 0 N–H and O–H groups in total. The maximum absolute atomic E-state index is 2.50. The molecule has 0 spiro atoms. The van der Waals surface area contributed by atoms with Gasteiger partial charge in [-0.25, -0.2) is 0 Å². The summed E-state index contributed by atoms with van der Waals surface area (Å²) in [4.78, 5) is 0. The van der Waals surface area contributed by atoms with E-state index in [9.17, 15) is 0 Å². The second-order valence-corrected chi connectivity index (χ2v) is 5.76. The summed E-state index contributed by atoms with van der Waals surface area (Å²) < 4.78 is 0. The monoisotopic (exact) mass is 180 g/mol. The SMILES string of the molecule is CC(C)C[C@@H]1C(C)C2CCCCC21. The van der Waals surface area contributed by atoms with Gasteiger partial charge in [0, 0.05) is 0 Å². The van der Waals surface area contributed by atoms with Crippen LogP contribution in [0.2, 0.25) is 0 Å². The first-order valence-corrected chi connectivity index (χ1v) is 6.20. The number of fused-ring (bicyclic) bond motifs is 1. The Bertz CT molecular complexity index is 171. The summed E-state index contributed by atoms with van der Waals surface area (Å²) in [5.74, 6) is 5.30. The lowest BCUT2D eigenvalue weighted by Crippen LogP contribution is -2.47. The first-order valence-electron chi connectivity index (χ1n) is 6.20. The van der Waals surface area contributed by atoms with Crippen molar-refractivity contribution in [3.8, 4) is 0 Å². The van der Waals surface area contributed by atoms with E-state index in [1.165, 1.54) is 19.3 Å². The summed E-state index contributed by atoms with van der Waals surface area (Å²) in [6.07, 6.45) is 7.61. The summed E-state index contributed by atoms with van der Waals surface area (Å²) in [7, 11) is 0. The van der Waals surface area contributed by atoms with Crippen LogP contribution in [0.3, 0.4) is 0 Å². The zero-order chi connectivity index (χ0) is 9.42. The van der Waals surface area contributed by atoms with E-state index < -0.39 is 0 Å². The van der Waals surface area contributed by atoms with E-state index in [1.807, 2.05) is 0 Å². The Balaban J connectivity index is 1.91. The quantitative estimate of drug-likeness (QED) is 0.600. The van der Waals surface area contributed by atoms with E-state index in [0.717, 1.165) is 29.6 Å². The molecule has 0 aromatic rings. The van der Waals surface area contributed by atoms with Crippen molar-refractivity contribution in [1.82, 2.24) is 0 Å². The third-order valence-corrected chi connectivity index (χ3v) is 4.52. The van der Waals surface area contributed by atoms with Crippen molar-refractivity contribution in [2.75, 3.05) is 0 Å². The Morgan fingerprint density at radius 1 is 1.08 bits per heavy atom. The van der Waals surface area contributed by atoms with Gasteiger partial charge in [0.25, 0.3) is 0 Å². The van der Waals surface area contributed by atoms with Crippen LogP contribution in [0.1, 0.15) is 52.9 Å². The average Bonchev–Trinajstić information content (AvgIpc) is 2.13. The predicted octanol–water partition coefficient (Wildman–Crippen LogP) is 4.10. The van der Waals surface area contributed by atoms with Crippen LogP contribution < -0.4 is 0 Å².